The van der Waals surface area contributed by atoms with Crippen molar-refractivity contribution < 1.29 is 24.4 Å². The molecule has 0 unspecified atom stereocenters. The van der Waals surface area contributed by atoms with E-state index in [2.05, 4.69) is 0 Å². The highest BCUT2D eigenvalue weighted by Gasteiger charge is 2.30. The van der Waals surface area contributed by atoms with E-state index in [0.717, 1.165) is 18.9 Å². The fraction of sp³-hybridized carbons (Fsp3) is 0.385. The molecule has 0 bridgehead atoms. The lowest BCUT2D eigenvalue weighted by molar-refractivity contribution is -0.385. The predicted molar refractivity (Wildman–Crippen MR) is 71.3 cm³/mol. The maximum atomic E-state index is 11.8. The molecule has 1 fully saturated rings. The fourth-order valence-electron chi connectivity index (χ4n) is 1.91. The quantitative estimate of drug-likeness (QED) is 0.625. The minimum Gasteiger partial charge on any atom is -0.483 e. The van der Waals surface area contributed by atoms with E-state index in [1.165, 1.54) is 17.0 Å². The van der Waals surface area contributed by atoms with E-state index in [9.17, 15) is 19.7 Å². The molecule has 8 heteroatoms. The zero-order valence-corrected chi connectivity index (χ0v) is 11.3. The Labute approximate surface area is 120 Å². The number of aromatic carboxylic acids is 1. The van der Waals surface area contributed by atoms with Crippen LogP contribution in [0.3, 0.4) is 0 Å². The van der Waals surface area contributed by atoms with E-state index in [4.69, 9.17) is 9.84 Å². The molecule has 8 nitrogen and oxygen atoms in total. The molecule has 1 aliphatic rings. The lowest BCUT2D eigenvalue weighted by Crippen LogP contribution is -2.33. The Morgan fingerprint density at radius 1 is 1.48 bits per heavy atom. The van der Waals surface area contributed by atoms with Crippen molar-refractivity contribution in [2.75, 3.05) is 13.7 Å². The normalized spacial score (nSPS) is 13.6. The third-order valence-electron chi connectivity index (χ3n) is 3.25. The first-order valence-electron chi connectivity index (χ1n) is 6.31. The van der Waals surface area contributed by atoms with Gasteiger partial charge >= 0.3 is 5.97 Å². The zero-order chi connectivity index (χ0) is 15.6. The fourth-order valence-corrected chi connectivity index (χ4v) is 1.91. The molecular weight excluding hydrogens is 280 g/mol. The van der Waals surface area contributed by atoms with Crippen molar-refractivity contribution in [2.45, 2.75) is 18.9 Å². The molecule has 1 saturated carbocycles. The maximum Gasteiger partial charge on any atom is 0.346 e. The van der Waals surface area contributed by atoms with E-state index in [1.54, 1.807) is 7.05 Å². The van der Waals surface area contributed by atoms with E-state index in [-0.39, 0.29) is 24.3 Å². The van der Waals surface area contributed by atoms with Gasteiger partial charge in [0.2, 0.25) is 0 Å². The summed E-state index contributed by atoms with van der Waals surface area (Å²) in [6.07, 6.45) is 1.89. The number of hydrogen-bond acceptors (Lipinski definition) is 5. The van der Waals surface area contributed by atoms with Crippen molar-refractivity contribution in [3.63, 3.8) is 0 Å². The molecule has 1 N–H and O–H groups in total. The summed E-state index contributed by atoms with van der Waals surface area (Å²) < 4.78 is 5.17. The van der Waals surface area contributed by atoms with E-state index >= 15 is 0 Å². The summed E-state index contributed by atoms with van der Waals surface area (Å²) in [4.78, 5) is 34.6. The van der Waals surface area contributed by atoms with Gasteiger partial charge in [0, 0.05) is 19.2 Å². The second kappa shape index (κ2) is 5.78. The summed E-state index contributed by atoms with van der Waals surface area (Å²) in [6, 6.07) is 3.90. The highest BCUT2D eigenvalue weighted by atomic mass is 16.6. The van der Waals surface area contributed by atoms with Crippen molar-refractivity contribution in [1.29, 1.82) is 0 Å². The molecule has 0 spiro atoms. The number of carbonyl (C=O) groups is 2. The molecular formula is C13H14N2O6. The summed E-state index contributed by atoms with van der Waals surface area (Å²) >= 11 is 0. The molecule has 0 radical (unpaired) electrons. The van der Waals surface area contributed by atoms with Gasteiger partial charge in [-0.15, -0.1) is 0 Å². The van der Waals surface area contributed by atoms with Gasteiger partial charge in [0.25, 0.3) is 11.6 Å². The molecule has 0 saturated heterocycles. The molecule has 0 aromatic heterocycles. The number of rotatable bonds is 6. The number of nitro benzene ring substituents is 1. The Morgan fingerprint density at radius 2 is 2.14 bits per heavy atom. The molecule has 1 aromatic carbocycles. The Hall–Kier alpha value is -2.64. The Morgan fingerprint density at radius 3 is 2.67 bits per heavy atom. The first-order valence-corrected chi connectivity index (χ1v) is 6.31. The summed E-state index contributed by atoms with van der Waals surface area (Å²) in [5.74, 6) is -1.95. The third kappa shape index (κ3) is 3.28. The monoisotopic (exact) mass is 294 g/mol. The second-order valence-corrected chi connectivity index (χ2v) is 4.74. The van der Waals surface area contributed by atoms with Crippen molar-refractivity contribution in [3.05, 3.63) is 33.9 Å². The van der Waals surface area contributed by atoms with E-state index < -0.39 is 22.1 Å². The molecule has 0 heterocycles. The molecule has 21 heavy (non-hydrogen) atoms. The van der Waals surface area contributed by atoms with Gasteiger partial charge in [-0.05, 0) is 18.9 Å². The van der Waals surface area contributed by atoms with Crippen LogP contribution in [0.4, 0.5) is 5.69 Å². The third-order valence-corrected chi connectivity index (χ3v) is 3.25. The highest BCUT2D eigenvalue weighted by molar-refractivity contribution is 5.95. The number of benzene rings is 1. The van der Waals surface area contributed by atoms with Crippen molar-refractivity contribution in [1.82, 2.24) is 4.90 Å². The van der Waals surface area contributed by atoms with Gasteiger partial charge in [0.15, 0.2) is 12.2 Å². The highest BCUT2D eigenvalue weighted by Crippen LogP contribution is 2.29. The Kier molecular flexibility index (Phi) is 4.06. The van der Waals surface area contributed by atoms with Crippen LogP contribution in [0.1, 0.15) is 23.2 Å². The van der Waals surface area contributed by atoms with Gasteiger partial charge in [0.1, 0.15) is 5.75 Å². The Bertz CT molecular complexity index is 596. The van der Waals surface area contributed by atoms with Crippen LogP contribution in [0.25, 0.3) is 0 Å². The van der Waals surface area contributed by atoms with Crippen LogP contribution in [0, 0.1) is 10.1 Å². The van der Waals surface area contributed by atoms with E-state index in [0.29, 0.717) is 0 Å². The number of likely N-dealkylation sites (N-methyl/N-ethyl adjacent to an activating group) is 1. The SMILES string of the molecule is CN(C(=O)COc1cccc([N+](=O)[O-])c1C(=O)O)C1CC1. The number of carboxylic acids is 1. The Balaban J connectivity index is 2.15. The van der Waals surface area contributed by atoms with Crippen molar-refractivity contribution in [2.24, 2.45) is 0 Å². The smallest absolute Gasteiger partial charge is 0.346 e. The van der Waals surface area contributed by atoms with Gasteiger partial charge in [-0.2, -0.15) is 0 Å². The molecule has 112 valence electrons. The minimum atomic E-state index is -1.47. The average Bonchev–Trinajstić information content (AvgIpc) is 3.27. The van der Waals surface area contributed by atoms with Crippen LogP contribution in [-0.2, 0) is 4.79 Å². The average molecular weight is 294 g/mol. The van der Waals surface area contributed by atoms with Crippen LogP contribution in [0.15, 0.2) is 18.2 Å². The number of nitro groups is 1. The van der Waals surface area contributed by atoms with Gasteiger partial charge in [-0.1, -0.05) is 6.07 Å². The number of ether oxygens (including phenoxy) is 1. The van der Waals surface area contributed by atoms with Crippen LogP contribution in [0.2, 0.25) is 0 Å². The summed E-state index contributed by atoms with van der Waals surface area (Å²) in [7, 11) is 1.65. The van der Waals surface area contributed by atoms with Crippen LogP contribution < -0.4 is 4.74 Å². The summed E-state index contributed by atoms with van der Waals surface area (Å²) in [6.45, 7) is -0.353. The van der Waals surface area contributed by atoms with Crippen LogP contribution in [-0.4, -0.2) is 46.5 Å². The predicted octanol–water partition coefficient (Wildman–Crippen LogP) is 1.29. The molecule has 1 amide bonds. The van der Waals surface area contributed by atoms with E-state index in [1.807, 2.05) is 0 Å². The van der Waals surface area contributed by atoms with Gasteiger partial charge in [-0.25, -0.2) is 4.79 Å². The van der Waals surface area contributed by atoms with Crippen LogP contribution >= 0.6 is 0 Å². The number of hydrogen-bond donors (Lipinski definition) is 1. The number of carbonyl (C=O) groups excluding carboxylic acids is 1. The van der Waals surface area contributed by atoms with Gasteiger partial charge in [0.05, 0.1) is 4.92 Å². The van der Waals surface area contributed by atoms with Crippen molar-refractivity contribution >= 4 is 17.6 Å². The van der Waals surface area contributed by atoms with Crippen LogP contribution in [0.5, 0.6) is 5.75 Å². The summed E-state index contributed by atoms with van der Waals surface area (Å²) in [5.41, 5.74) is -1.12. The largest absolute Gasteiger partial charge is 0.483 e. The maximum absolute atomic E-state index is 11.8. The van der Waals surface area contributed by atoms with Gasteiger partial charge in [-0.3, -0.25) is 14.9 Å². The molecule has 1 aliphatic carbocycles. The van der Waals surface area contributed by atoms with Gasteiger partial charge < -0.3 is 14.7 Å². The lowest BCUT2D eigenvalue weighted by Gasteiger charge is -2.17. The topological polar surface area (TPSA) is 110 Å². The first kappa shape index (κ1) is 14.8. The number of carboxylic acid groups (broad SMARTS) is 1. The molecule has 1 aromatic rings. The molecule has 0 aliphatic heterocycles. The second-order valence-electron chi connectivity index (χ2n) is 4.74. The standard InChI is InChI=1S/C13H14N2O6/c1-14(8-5-6-8)11(16)7-21-10-4-2-3-9(15(19)20)12(10)13(17)18/h2-4,8H,5-7H2,1H3,(H,17,18). The lowest BCUT2D eigenvalue weighted by atomic mass is 10.1. The number of amides is 1. The summed E-state index contributed by atoms with van der Waals surface area (Å²) in [5, 5.41) is 19.9. The molecule has 2 rings (SSSR count). The molecule has 0 atom stereocenters. The number of nitrogens with zero attached hydrogens (tertiary/aromatic N) is 2. The zero-order valence-electron chi connectivity index (χ0n) is 11.3. The minimum absolute atomic E-state index is 0.186. The first-order chi connectivity index (χ1) is 9.91. The van der Waals surface area contributed by atoms with Crippen molar-refractivity contribution in [3.8, 4) is 5.75 Å².